The van der Waals surface area contributed by atoms with Crippen molar-refractivity contribution >= 4 is 38.4 Å². The third kappa shape index (κ3) is 2.49. The van der Waals surface area contributed by atoms with Crippen molar-refractivity contribution in [3.8, 4) is 0 Å². The SMILES string of the molecule is O=c1cnn(Cc2ccc(Br)cc2Cl)c2ccccc12. The Morgan fingerprint density at radius 1 is 1.20 bits per heavy atom. The van der Waals surface area contributed by atoms with Crippen molar-refractivity contribution in [1.29, 1.82) is 0 Å². The highest BCUT2D eigenvalue weighted by atomic mass is 79.9. The van der Waals surface area contributed by atoms with Crippen LogP contribution in [0.5, 0.6) is 0 Å². The molecule has 0 amide bonds. The summed E-state index contributed by atoms with van der Waals surface area (Å²) in [5.74, 6) is 0. The van der Waals surface area contributed by atoms with Gasteiger partial charge in [-0.3, -0.25) is 9.48 Å². The lowest BCUT2D eigenvalue weighted by Gasteiger charge is -2.10. The van der Waals surface area contributed by atoms with Gasteiger partial charge in [0.15, 0.2) is 0 Å². The van der Waals surface area contributed by atoms with Crippen molar-refractivity contribution in [2.24, 2.45) is 0 Å². The van der Waals surface area contributed by atoms with Crippen LogP contribution in [0.15, 0.2) is 57.9 Å². The zero-order valence-electron chi connectivity index (χ0n) is 10.4. The van der Waals surface area contributed by atoms with Crippen molar-refractivity contribution in [1.82, 2.24) is 9.78 Å². The van der Waals surface area contributed by atoms with E-state index in [1.807, 2.05) is 36.4 Å². The average molecular weight is 350 g/mol. The minimum Gasteiger partial charge on any atom is -0.287 e. The Hall–Kier alpha value is -1.65. The molecule has 0 spiro atoms. The molecule has 1 heterocycles. The quantitative estimate of drug-likeness (QED) is 0.704. The van der Waals surface area contributed by atoms with E-state index >= 15 is 0 Å². The van der Waals surface area contributed by atoms with Crippen LogP contribution in [0.25, 0.3) is 10.9 Å². The van der Waals surface area contributed by atoms with Crippen LogP contribution in [0, 0.1) is 0 Å². The summed E-state index contributed by atoms with van der Waals surface area (Å²) in [6, 6.07) is 13.2. The van der Waals surface area contributed by atoms with E-state index in [0.29, 0.717) is 17.0 Å². The summed E-state index contributed by atoms with van der Waals surface area (Å²) in [6.45, 7) is 0.521. The molecule has 3 rings (SSSR count). The smallest absolute Gasteiger partial charge is 0.207 e. The van der Waals surface area contributed by atoms with Crippen LogP contribution in [0.1, 0.15) is 5.56 Å². The number of hydrogen-bond acceptors (Lipinski definition) is 2. The van der Waals surface area contributed by atoms with Crippen LogP contribution in [0.4, 0.5) is 0 Å². The van der Waals surface area contributed by atoms with Crippen molar-refractivity contribution < 1.29 is 0 Å². The molecule has 0 atom stereocenters. The van der Waals surface area contributed by atoms with Gasteiger partial charge in [-0.05, 0) is 29.8 Å². The van der Waals surface area contributed by atoms with Gasteiger partial charge in [0.2, 0.25) is 5.43 Å². The Morgan fingerprint density at radius 3 is 2.80 bits per heavy atom. The topological polar surface area (TPSA) is 34.9 Å². The number of aromatic nitrogens is 2. The van der Waals surface area contributed by atoms with Gasteiger partial charge >= 0.3 is 0 Å². The monoisotopic (exact) mass is 348 g/mol. The molecule has 1 aromatic heterocycles. The van der Waals surface area contributed by atoms with Crippen LogP contribution in [0.2, 0.25) is 5.02 Å². The maximum Gasteiger partial charge on any atom is 0.207 e. The van der Waals surface area contributed by atoms with Gasteiger partial charge in [0, 0.05) is 14.9 Å². The molecule has 0 fully saturated rings. The third-order valence-corrected chi connectivity index (χ3v) is 3.94. The molecule has 3 nitrogen and oxygen atoms in total. The summed E-state index contributed by atoms with van der Waals surface area (Å²) in [6.07, 6.45) is 1.34. The second-order valence-electron chi connectivity index (χ2n) is 4.42. The Morgan fingerprint density at radius 2 is 2.00 bits per heavy atom. The Balaban J connectivity index is 2.11. The van der Waals surface area contributed by atoms with E-state index in [-0.39, 0.29) is 5.43 Å². The van der Waals surface area contributed by atoms with Crippen LogP contribution in [-0.2, 0) is 6.54 Å². The van der Waals surface area contributed by atoms with Crippen LogP contribution in [0.3, 0.4) is 0 Å². The van der Waals surface area contributed by atoms with Crippen molar-refractivity contribution in [2.75, 3.05) is 0 Å². The molecule has 0 aliphatic carbocycles. The molecule has 20 heavy (non-hydrogen) atoms. The summed E-state index contributed by atoms with van der Waals surface area (Å²) < 4.78 is 2.72. The number of hydrogen-bond donors (Lipinski definition) is 0. The van der Waals surface area contributed by atoms with E-state index in [0.717, 1.165) is 15.6 Å². The Kier molecular flexibility index (Phi) is 3.59. The van der Waals surface area contributed by atoms with Gasteiger partial charge in [-0.2, -0.15) is 5.10 Å². The first-order chi connectivity index (χ1) is 9.65. The fourth-order valence-corrected chi connectivity index (χ4v) is 2.83. The lowest BCUT2D eigenvalue weighted by atomic mass is 10.2. The van der Waals surface area contributed by atoms with Gasteiger partial charge < -0.3 is 0 Å². The number of fused-ring (bicyclic) bond motifs is 1. The molecule has 0 aliphatic heterocycles. The fourth-order valence-electron chi connectivity index (χ4n) is 2.10. The van der Waals surface area contributed by atoms with E-state index in [2.05, 4.69) is 21.0 Å². The second-order valence-corrected chi connectivity index (χ2v) is 5.74. The first-order valence-corrected chi connectivity index (χ1v) is 7.21. The molecule has 2 aromatic carbocycles. The summed E-state index contributed by atoms with van der Waals surface area (Å²) in [5, 5.41) is 5.53. The predicted octanol–water partition coefficient (Wildman–Crippen LogP) is 3.86. The van der Waals surface area contributed by atoms with Crippen LogP contribution >= 0.6 is 27.5 Å². The zero-order chi connectivity index (χ0) is 14.1. The van der Waals surface area contributed by atoms with E-state index in [1.165, 1.54) is 6.20 Å². The molecule has 0 aliphatic rings. The lowest BCUT2D eigenvalue weighted by Crippen LogP contribution is -2.13. The molecule has 0 saturated heterocycles. The minimum atomic E-state index is -0.0706. The Bertz CT molecular complexity index is 845. The Labute approximate surface area is 128 Å². The van der Waals surface area contributed by atoms with Gasteiger partial charge in [0.05, 0.1) is 18.3 Å². The molecule has 0 N–H and O–H groups in total. The number of nitrogens with zero attached hydrogens (tertiary/aromatic N) is 2. The average Bonchev–Trinajstić information content (AvgIpc) is 2.45. The minimum absolute atomic E-state index is 0.0706. The van der Waals surface area contributed by atoms with E-state index in [9.17, 15) is 4.79 Å². The highest BCUT2D eigenvalue weighted by Gasteiger charge is 2.06. The molecule has 0 bridgehead atoms. The first-order valence-electron chi connectivity index (χ1n) is 6.04. The molecule has 0 saturated carbocycles. The summed E-state index contributed by atoms with van der Waals surface area (Å²) in [4.78, 5) is 11.8. The van der Waals surface area contributed by atoms with Crippen LogP contribution in [-0.4, -0.2) is 9.78 Å². The molecular formula is C15H10BrClN2O. The highest BCUT2D eigenvalue weighted by Crippen LogP contribution is 2.22. The van der Waals surface area contributed by atoms with Gasteiger partial charge in [-0.25, -0.2) is 0 Å². The molecule has 5 heteroatoms. The van der Waals surface area contributed by atoms with Gasteiger partial charge in [0.1, 0.15) is 0 Å². The maximum absolute atomic E-state index is 11.8. The fraction of sp³-hybridized carbons (Fsp3) is 0.0667. The standard InChI is InChI=1S/C15H10BrClN2O/c16-11-6-5-10(13(17)7-11)9-19-14-4-2-1-3-12(14)15(20)8-18-19/h1-8H,9H2. The van der Waals surface area contributed by atoms with E-state index in [4.69, 9.17) is 11.6 Å². The van der Waals surface area contributed by atoms with Crippen molar-refractivity contribution in [2.45, 2.75) is 6.54 Å². The predicted molar refractivity (Wildman–Crippen MR) is 84.3 cm³/mol. The largest absolute Gasteiger partial charge is 0.287 e. The number of benzene rings is 2. The van der Waals surface area contributed by atoms with Gasteiger partial charge in [-0.15, -0.1) is 0 Å². The normalized spacial score (nSPS) is 10.9. The lowest BCUT2D eigenvalue weighted by molar-refractivity contribution is 0.695. The summed E-state index contributed by atoms with van der Waals surface area (Å²) in [7, 11) is 0. The maximum atomic E-state index is 11.8. The molecule has 0 unspecified atom stereocenters. The van der Waals surface area contributed by atoms with Crippen LogP contribution < -0.4 is 5.43 Å². The van der Waals surface area contributed by atoms with Crippen molar-refractivity contribution in [3.05, 3.63) is 73.9 Å². The third-order valence-electron chi connectivity index (χ3n) is 3.10. The highest BCUT2D eigenvalue weighted by molar-refractivity contribution is 9.10. The molecule has 100 valence electrons. The van der Waals surface area contributed by atoms with E-state index in [1.54, 1.807) is 10.7 Å². The van der Waals surface area contributed by atoms with Gasteiger partial charge in [-0.1, -0.05) is 45.7 Å². The molecular weight excluding hydrogens is 340 g/mol. The van der Waals surface area contributed by atoms with Crippen molar-refractivity contribution in [3.63, 3.8) is 0 Å². The van der Waals surface area contributed by atoms with Gasteiger partial charge in [0.25, 0.3) is 0 Å². The second kappa shape index (κ2) is 5.38. The number of para-hydroxylation sites is 1. The molecule has 0 radical (unpaired) electrons. The first kappa shape index (κ1) is 13.3. The van der Waals surface area contributed by atoms with E-state index < -0.39 is 0 Å². The molecule has 3 aromatic rings. The summed E-state index contributed by atoms with van der Waals surface area (Å²) in [5.41, 5.74) is 1.69. The summed E-state index contributed by atoms with van der Waals surface area (Å²) >= 11 is 9.61. The number of rotatable bonds is 2. The zero-order valence-corrected chi connectivity index (χ0v) is 12.7. The number of halogens is 2.